The van der Waals surface area contributed by atoms with Crippen molar-refractivity contribution in [1.29, 1.82) is 0 Å². The van der Waals surface area contributed by atoms with Crippen LogP contribution < -0.4 is 5.32 Å². The molecule has 5 nitrogen and oxygen atoms in total. The molecule has 0 aliphatic rings. The van der Waals surface area contributed by atoms with E-state index in [-0.39, 0.29) is 6.54 Å². The maximum atomic E-state index is 11.1. The summed E-state index contributed by atoms with van der Waals surface area (Å²) in [6, 6.07) is 33.9. The molecule has 0 fully saturated rings. The smallest absolute Gasteiger partial charge is 0.322 e. The van der Waals surface area contributed by atoms with Crippen molar-refractivity contribution in [1.82, 2.24) is 4.98 Å². The zero-order valence-corrected chi connectivity index (χ0v) is 19.2. The summed E-state index contributed by atoms with van der Waals surface area (Å²) in [5.41, 5.74) is 7.23. The summed E-state index contributed by atoms with van der Waals surface area (Å²) in [5.74, 6) is 0.338. The Morgan fingerprint density at radius 1 is 0.800 bits per heavy atom. The molecule has 0 aliphatic heterocycles. The molecule has 1 heterocycles. The van der Waals surface area contributed by atoms with E-state index in [1.54, 1.807) is 0 Å². The fourth-order valence-electron chi connectivity index (χ4n) is 4.08. The molecule has 1 aromatic heterocycles. The lowest BCUT2D eigenvalue weighted by molar-refractivity contribution is -0.134. The highest BCUT2D eigenvalue weighted by Gasteiger charge is 2.20. The van der Waals surface area contributed by atoms with Crippen molar-refractivity contribution in [3.05, 3.63) is 109 Å². The van der Waals surface area contributed by atoms with Crippen LogP contribution in [0.25, 0.3) is 45.2 Å². The van der Waals surface area contributed by atoms with Gasteiger partial charge in [-0.3, -0.25) is 4.79 Å². The summed E-state index contributed by atoms with van der Waals surface area (Å²) in [6.45, 7) is 1.80. The molecule has 0 saturated heterocycles. The Hall–Kier alpha value is -4.64. The number of benzene rings is 4. The van der Waals surface area contributed by atoms with Crippen molar-refractivity contribution in [2.24, 2.45) is 0 Å². The monoisotopic (exact) mass is 460 g/mol. The number of carbonyl (C=O) groups is 1. The van der Waals surface area contributed by atoms with Gasteiger partial charge in [-0.1, -0.05) is 91.0 Å². The highest BCUT2D eigenvalue weighted by atomic mass is 16.4. The summed E-state index contributed by atoms with van der Waals surface area (Å²) in [4.78, 5) is 16.0. The molecule has 5 heteroatoms. The van der Waals surface area contributed by atoms with E-state index in [0.29, 0.717) is 11.7 Å². The summed E-state index contributed by atoms with van der Waals surface area (Å²) in [7, 11) is 0. The van der Waals surface area contributed by atoms with Gasteiger partial charge in [0.25, 0.3) is 0 Å². The van der Waals surface area contributed by atoms with Crippen molar-refractivity contribution in [2.75, 3.05) is 11.9 Å². The second-order valence-electron chi connectivity index (χ2n) is 8.25. The molecule has 2 N–H and O–H groups in total. The lowest BCUT2D eigenvalue weighted by Crippen LogP contribution is -2.13. The normalized spacial score (nSPS) is 10.8. The number of carboxylic acid groups (broad SMARTS) is 1. The largest absolute Gasteiger partial charge is 0.480 e. The first-order valence-corrected chi connectivity index (χ1v) is 11.4. The first kappa shape index (κ1) is 22.2. The van der Waals surface area contributed by atoms with E-state index in [1.807, 2.05) is 110 Å². The van der Waals surface area contributed by atoms with E-state index in [9.17, 15) is 4.79 Å². The van der Waals surface area contributed by atoms with Crippen LogP contribution in [0.3, 0.4) is 0 Å². The Morgan fingerprint density at radius 2 is 1.43 bits per heavy atom. The van der Waals surface area contributed by atoms with Crippen LogP contribution in [0.2, 0.25) is 0 Å². The molecule has 0 aliphatic carbocycles. The predicted molar refractivity (Wildman–Crippen MR) is 139 cm³/mol. The van der Waals surface area contributed by atoms with Gasteiger partial charge in [-0.15, -0.1) is 0 Å². The Balaban J connectivity index is 1.63. The number of hydrogen-bond donors (Lipinski definition) is 2. The van der Waals surface area contributed by atoms with Crippen molar-refractivity contribution < 1.29 is 14.3 Å². The number of aliphatic carboxylic acids is 1. The Kier molecular flexibility index (Phi) is 6.14. The highest BCUT2D eigenvalue weighted by Crippen LogP contribution is 2.39. The van der Waals surface area contributed by atoms with Crippen LogP contribution in [0.5, 0.6) is 0 Å². The molecule has 35 heavy (non-hydrogen) atoms. The maximum Gasteiger partial charge on any atom is 0.322 e. The molecular weight excluding hydrogens is 436 g/mol. The van der Waals surface area contributed by atoms with E-state index in [1.165, 1.54) is 0 Å². The minimum Gasteiger partial charge on any atom is -0.480 e. The van der Waals surface area contributed by atoms with Gasteiger partial charge in [-0.2, -0.15) is 0 Å². The number of oxazole rings is 1. The second-order valence-corrected chi connectivity index (χ2v) is 8.25. The van der Waals surface area contributed by atoms with Gasteiger partial charge in [0.15, 0.2) is 5.76 Å². The third kappa shape index (κ3) is 4.70. The maximum absolute atomic E-state index is 11.1. The summed E-state index contributed by atoms with van der Waals surface area (Å²) < 4.78 is 6.43. The molecule has 0 unspecified atom stereocenters. The number of anilines is 1. The molecule has 5 rings (SSSR count). The molecule has 0 atom stereocenters. The van der Waals surface area contributed by atoms with Crippen LogP contribution in [0.1, 0.15) is 5.56 Å². The molecule has 0 spiro atoms. The van der Waals surface area contributed by atoms with Gasteiger partial charge in [-0.25, -0.2) is 4.98 Å². The lowest BCUT2D eigenvalue weighted by atomic mass is 9.97. The quantitative estimate of drug-likeness (QED) is 0.270. The van der Waals surface area contributed by atoms with Crippen molar-refractivity contribution in [2.45, 2.75) is 6.92 Å². The number of nitrogens with one attached hydrogen (secondary N) is 1. The van der Waals surface area contributed by atoms with Crippen LogP contribution in [-0.2, 0) is 4.79 Å². The predicted octanol–water partition coefficient (Wildman–Crippen LogP) is 7.15. The van der Waals surface area contributed by atoms with Crippen LogP contribution >= 0.6 is 0 Å². The second kappa shape index (κ2) is 9.69. The summed E-state index contributed by atoms with van der Waals surface area (Å²) in [6.07, 6.45) is 0. The average Bonchev–Trinajstić information content (AvgIpc) is 3.35. The lowest BCUT2D eigenvalue weighted by Gasteiger charge is -2.12. The topological polar surface area (TPSA) is 75.4 Å². The van der Waals surface area contributed by atoms with Gasteiger partial charge >= 0.3 is 5.97 Å². The van der Waals surface area contributed by atoms with Gasteiger partial charge in [-0.05, 0) is 35.7 Å². The van der Waals surface area contributed by atoms with Crippen LogP contribution in [0, 0.1) is 6.92 Å². The highest BCUT2D eigenvalue weighted by molar-refractivity contribution is 5.85. The standard InChI is InChI=1S/C30H24N2O3/c1-20-16-17-23(18-26(20)31-19-27(33)34)24-14-8-9-15-25(24)30-32-28(21-10-4-2-5-11-21)29(35-30)22-12-6-3-7-13-22/h2-18,31H,19H2,1H3,(H,33,34). The zero-order chi connectivity index (χ0) is 24.2. The van der Waals surface area contributed by atoms with Crippen LogP contribution in [0.4, 0.5) is 5.69 Å². The summed E-state index contributed by atoms with van der Waals surface area (Å²) >= 11 is 0. The minimum absolute atomic E-state index is 0.146. The van der Waals surface area contributed by atoms with Gasteiger partial charge in [0.2, 0.25) is 5.89 Å². The zero-order valence-electron chi connectivity index (χ0n) is 19.2. The molecule has 4 aromatic carbocycles. The molecular formula is C30H24N2O3. The van der Waals surface area contributed by atoms with Crippen LogP contribution in [0.15, 0.2) is 108 Å². The third-order valence-corrected chi connectivity index (χ3v) is 5.85. The SMILES string of the molecule is Cc1ccc(-c2ccccc2-c2nc(-c3ccccc3)c(-c3ccccc3)o2)cc1NCC(=O)O. The third-order valence-electron chi connectivity index (χ3n) is 5.85. The van der Waals surface area contributed by atoms with E-state index in [2.05, 4.69) is 5.32 Å². The fraction of sp³-hybridized carbons (Fsp3) is 0.0667. The molecule has 172 valence electrons. The first-order valence-electron chi connectivity index (χ1n) is 11.4. The number of aromatic nitrogens is 1. The van der Waals surface area contributed by atoms with Crippen molar-refractivity contribution in [3.63, 3.8) is 0 Å². The van der Waals surface area contributed by atoms with Gasteiger partial charge in [0, 0.05) is 22.4 Å². The summed E-state index contributed by atoms with van der Waals surface area (Å²) in [5, 5.41) is 12.1. The molecule has 0 amide bonds. The van der Waals surface area contributed by atoms with E-state index < -0.39 is 5.97 Å². The van der Waals surface area contributed by atoms with Gasteiger partial charge in [0.05, 0.1) is 0 Å². The van der Waals surface area contributed by atoms with Crippen LogP contribution in [-0.4, -0.2) is 22.6 Å². The Labute approximate surface area is 203 Å². The minimum atomic E-state index is -0.906. The number of nitrogens with zero attached hydrogens (tertiary/aromatic N) is 1. The number of aryl methyl sites for hydroxylation is 1. The molecule has 5 aromatic rings. The Bertz CT molecular complexity index is 1420. The van der Waals surface area contributed by atoms with Gasteiger partial charge < -0.3 is 14.8 Å². The Morgan fingerprint density at radius 3 is 2.11 bits per heavy atom. The van der Waals surface area contributed by atoms with Crippen molar-refractivity contribution in [3.8, 4) is 45.2 Å². The molecule has 0 radical (unpaired) electrons. The van der Waals surface area contributed by atoms with E-state index >= 15 is 0 Å². The van der Waals surface area contributed by atoms with E-state index in [0.717, 1.165) is 44.8 Å². The average molecular weight is 461 g/mol. The fourth-order valence-corrected chi connectivity index (χ4v) is 4.08. The van der Waals surface area contributed by atoms with Crippen molar-refractivity contribution >= 4 is 11.7 Å². The number of carboxylic acids is 1. The molecule has 0 saturated carbocycles. The van der Waals surface area contributed by atoms with Gasteiger partial charge in [0.1, 0.15) is 12.2 Å². The number of hydrogen-bond acceptors (Lipinski definition) is 4. The number of rotatable bonds is 7. The molecule has 0 bridgehead atoms. The first-order chi connectivity index (χ1) is 17.1. The van der Waals surface area contributed by atoms with E-state index in [4.69, 9.17) is 14.5 Å².